The van der Waals surface area contributed by atoms with E-state index in [2.05, 4.69) is 26.5 Å². The van der Waals surface area contributed by atoms with E-state index in [1.54, 1.807) is 6.92 Å². The van der Waals surface area contributed by atoms with Gasteiger partial charge in [-0.1, -0.05) is 17.2 Å². The normalized spacial score (nSPS) is 11.5. The third-order valence-electron chi connectivity index (χ3n) is 2.17. The number of carbonyl (C=O) groups excluding carboxylic acids is 1. The molecule has 0 N–H and O–H groups in total. The van der Waals surface area contributed by atoms with Gasteiger partial charge < -0.3 is 4.79 Å². The van der Waals surface area contributed by atoms with Crippen LogP contribution < -0.4 is 0 Å². The van der Waals surface area contributed by atoms with E-state index in [1.165, 1.54) is 17.6 Å². The smallest absolute Gasteiger partial charge is 0.130 e. The van der Waals surface area contributed by atoms with Crippen LogP contribution >= 0.6 is 0 Å². The van der Waals surface area contributed by atoms with Crippen molar-refractivity contribution < 1.29 is 4.79 Å². The van der Waals surface area contributed by atoms with Gasteiger partial charge in [-0.3, -0.25) is 0 Å². The molecule has 1 heteroatoms. The van der Waals surface area contributed by atoms with Gasteiger partial charge in [-0.2, -0.15) is 0 Å². The first-order chi connectivity index (χ1) is 6.52. The molecular weight excluding hydrogens is 172 g/mol. The molecule has 0 aliphatic heterocycles. The van der Waals surface area contributed by atoms with Gasteiger partial charge in [-0.15, -0.1) is 6.58 Å². The average molecular weight is 194 g/mol. The highest BCUT2D eigenvalue weighted by molar-refractivity contribution is 5.75. The maximum absolute atomic E-state index is 10.7. The maximum atomic E-state index is 10.7. The van der Waals surface area contributed by atoms with Crippen molar-refractivity contribution in [2.45, 2.75) is 52.9 Å². The fourth-order valence-corrected chi connectivity index (χ4v) is 1.23. The van der Waals surface area contributed by atoms with Crippen molar-refractivity contribution in [1.29, 1.82) is 0 Å². The number of ketones is 1. The molecule has 80 valence electrons. The standard InChI is InChI=1S/C13H22O/c1-11(2)7-5-6-8-12(3)9-10-13(4)14/h8H,1,5-7,9-10H2,2-4H3/b12-8+. The molecule has 0 saturated carbocycles. The summed E-state index contributed by atoms with van der Waals surface area (Å²) in [6.07, 6.45) is 7.23. The van der Waals surface area contributed by atoms with Crippen LogP contribution in [0.2, 0.25) is 0 Å². The molecule has 0 aromatic carbocycles. The minimum atomic E-state index is 0.277. The van der Waals surface area contributed by atoms with E-state index in [4.69, 9.17) is 0 Å². The Kier molecular flexibility index (Phi) is 7.09. The first kappa shape index (κ1) is 13.2. The fourth-order valence-electron chi connectivity index (χ4n) is 1.23. The molecule has 0 atom stereocenters. The van der Waals surface area contributed by atoms with Gasteiger partial charge in [0, 0.05) is 6.42 Å². The Morgan fingerprint density at radius 2 is 1.79 bits per heavy atom. The molecule has 0 aliphatic carbocycles. The van der Waals surface area contributed by atoms with Crippen LogP contribution in [0.15, 0.2) is 23.8 Å². The van der Waals surface area contributed by atoms with Gasteiger partial charge in [-0.25, -0.2) is 0 Å². The average Bonchev–Trinajstić information content (AvgIpc) is 2.08. The lowest BCUT2D eigenvalue weighted by Gasteiger charge is -2.00. The zero-order valence-corrected chi connectivity index (χ0v) is 9.73. The van der Waals surface area contributed by atoms with Gasteiger partial charge in [0.1, 0.15) is 5.78 Å². The summed E-state index contributed by atoms with van der Waals surface area (Å²) >= 11 is 0. The molecule has 0 rings (SSSR count). The van der Waals surface area contributed by atoms with Crippen LogP contribution in [-0.4, -0.2) is 5.78 Å². The summed E-state index contributed by atoms with van der Waals surface area (Å²) in [6, 6.07) is 0. The molecule has 0 aliphatic rings. The molecule has 0 fully saturated rings. The van der Waals surface area contributed by atoms with E-state index in [0.717, 1.165) is 19.3 Å². The Hall–Kier alpha value is -0.850. The van der Waals surface area contributed by atoms with Gasteiger partial charge in [-0.05, 0) is 46.5 Å². The maximum Gasteiger partial charge on any atom is 0.130 e. The first-order valence-corrected chi connectivity index (χ1v) is 5.32. The SMILES string of the molecule is C=C(C)CCC/C=C(\C)CCC(C)=O. The zero-order chi connectivity index (χ0) is 11.0. The molecule has 0 saturated heterocycles. The quantitative estimate of drug-likeness (QED) is 0.441. The van der Waals surface area contributed by atoms with Crippen molar-refractivity contribution in [2.75, 3.05) is 0 Å². The molecule has 1 nitrogen and oxygen atoms in total. The highest BCUT2D eigenvalue weighted by atomic mass is 16.1. The molecule has 14 heavy (non-hydrogen) atoms. The summed E-state index contributed by atoms with van der Waals surface area (Å²) in [5.74, 6) is 0.277. The van der Waals surface area contributed by atoms with Crippen molar-refractivity contribution in [3.8, 4) is 0 Å². The number of unbranched alkanes of at least 4 members (excludes halogenated alkanes) is 1. The Morgan fingerprint density at radius 3 is 2.29 bits per heavy atom. The molecule has 0 aromatic rings. The Labute approximate surface area is 87.9 Å². The minimum absolute atomic E-state index is 0.277. The van der Waals surface area contributed by atoms with Gasteiger partial charge in [0.15, 0.2) is 0 Å². The van der Waals surface area contributed by atoms with Crippen molar-refractivity contribution in [1.82, 2.24) is 0 Å². The molecule has 0 amide bonds. The van der Waals surface area contributed by atoms with Crippen LogP contribution in [-0.2, 0) is 4.79 Å². The van der Waals surface area contributed by atoms with Gasteiger partial charge in [0.2, 0.25) is 0 Å². The highest BCUT2D eigenvalue weighted by Crippen LogP contribution is 2.09. The Bertz CT molecular complexity index is 223. The van der Waals surface area contributed by atoms with Gasteiger partial charge >= 0.3 is 0 Å². The molecule has 0 heterocycles. The fraction of sp³-hybridized carbons (Fsp3) is 0.615. The van der Waals surface area contributed by atoms with Crippen LogP contribution in [0.25, 0.3) is 0 Å². The topological polar surface area (TPSA) is 17.1 Å². The lowest BCUT2D eigenvalue weighted by Crippen LogP contribution is -1.89. The number of hydrogen-bond donors (Lipinski definition) is 0. The summed E-state index contributed by atoms with van der Waals surface area (Å²) in [6.45, 7) is 9.68. The zero-order valence-electron chi connectivity index (χ0n) is 9.73. The minimum Gasteiger partial charge on any atom is -0.300 e. The predicted octanol–water partition coefficient (Wildman–Crippen LogP) is 4.05. The van der Waals surface area contributed by atoms with Crippen LogP contribution in [0.5, 0.6) is 0 Å². The van der Waals surface area contributed by atoms with Crippen molar-refractivity contribution in [3.05, 3.63) is 23.8 Å². The van der Waals surface area contributed by atoms with Crippen molar-refractivity contribution >= 4 is 5.78 Å². The number of carbonyl (C=O) groups is 1. The van der Waals surface area contributed by atoms with E-state index in [-0.39, 0.29) is 5.78 Å². The first-order valence-electron chi connectivity index (χ1n) is 5.32. The van der Waals surface area contributed by atoms with Crippen LogP contribution in [0.1, 0.15) is 52.9 Å². The van der Waals surface area contributed by atoms with E-state index >= 15 is 0 Å². The third kappa shape index (κ3) is 9.24. The lowest BCUT2D eigenvalue weighted by molar-refractivity contribution is -0.116. The van der Waals surface area contributed by atoms with Crippen molar-refractivity contribution in [3.63, 3.8) is 0 Å². The van der Waals surface area contributed by atoms with E-state index in [0.29, 0.717) is 6.42 Å². The Morgan fingerprint density at radius 1 is 1.14 bits per heavy atom. The van der Waals surface area contributed by atoms with Crippen LogP contribution in [0.3, 0.4) is 0 Å². The number of allylic oxidation sites excluding steroid dienone is 3. The number of Topliss-reactive ketones (excluding diaryl/α,β-unsaturated/α-hetero) is 1. The molecule has 0 aromatic heterocycles. The predicted molar refractivity (Wildman–Crippen MR) is 62.3 cm³/mol. The lowest BCUT2D eigenvalue weighted by atomic mass is 10.1. The van der Waals surface area contributed by atoms with Gasteiger partial charge in [0.25, 0.3) is 0 Å². The number of rotatable bonds is 7. The second-order valence-corrected chi connectivity index (χ2v) is 4.10. The largest absolute Gasteiger partial charge is 0.300 e. The summed E-state index contributed by atoms with van der Waals surface area (Å²) < 4.78 is 0. The monoisotopic (exact) mass is 194 g/mol. The second kappa shape index (κ2) is 7.54. The van der Waals surface area contributed by atoms with Crippen molar-refractivity contribution in [2.24, 2.45) is 0 Å². The molecule has 0 bridgehead atoms. The third-order valence-corrected chi connectivity index (χ3v) is 2.17. The number of hydrogen-bond acceptors (Lipinski definition) is 1. The Balaban J connectivity index is 3.55. The molecule has 0 spiro atoms. The summed E-state index contributed by atoms with van der Waals surface area (Å²) in [4.78, 5) is 10.7. The molecule has 0 unspecified atom stereocenters. The van der Waals surface area contributed by atoms with Gasteiger partial charge in [0.05, 0.1) is 0 Å². The van der Waals surface area contributed by atoms with E-state index < -0.39 is 0 Å². The van der Waals surface area contributed by atoms with Crippen LogP contribution in [0, 0.1) is 0 Å². The summed E-state index contributed by atoms with van der Waals surface area (Å²) in [7, 11) is 0. The second-order valence-electron chi connectivity index (χ2n) is 4.10. The molecule has 0 radical (unpaired) electrons. The highest BCUT2D eigenvalue weighted by Gasteiger charge is 1.94. The van der Waals surface area contributed by atoms with Crippen LogP contribution in [0.4, 0.5) is 0 Å². The van der Waals surface area contributed by atoms with E-state index in [9.17, 15) is 4.79 Å². The molecular formula is C13H22O. The van der Waals surface area contributed by atoms with E-state index in [1.807, 2.05) is 0 Å². The summed E-state index contributed by atoms with van der Waals surface area (Å²) in [5.41, 5.74) is 2.58. The summed E-state index contributed by atoms with van der Waals surface area (Å²) in [5, 5.41) is 0.